The first kappa shape index (κ1) is 17.8. The van der Waals surface area contributed by atoms with Crippen LogP contribution in [0.5, 0.6) is 17.2 Å². The lowest BCUT2D eigenvalue weighted by Gasteiger charge is -2.12. The first-order valence-corrected chi connectivity index (χ1v) is 8.11. The summed E-state index contributed by atoms with van der Waals surface area (Å²) < 4.78 is 20.9. The van der Waals surface area contributed by atoms with Crippen molar-refractivity contribution >= 4 is 29.5 Å². The van der Waals surface area contributed by atoms with Crippen LogP contribution in [0, 0.1) is 0 Å². The highest BCUT2D eigenvalue weighted by molar-refractivity contribution is 7.10. The summed E-state index contributed by atoms with van der Waals surface area (Å²) in [6.45, 7) is 2.09. The van der Waals surface area contributed by atoms with Crippen molar-refractivity contribution in [2.75, 3.05) is 27.9 Å². The predicted molar refractivity (Wildman–Crippen MR) is 93.1 cm³/mol. The van der Waals surface area contributed by atoms with Crippen molar-refractivity contribution in [2.24, 2.45) is 0 Å². The predicted octanol–water partition coefficient (Wildman–Crippen LogP) is 3.52. The number of esters is 1. The van der Waals surface area contributed by atoms with Crippen LogP contribution in [0.2, 0.25) is 0 Å². The molecule has 0 bridgehead atoms. The molecule has 24 heavy (non-hydrogen) atoms. The van der Waals surface area contributed by atoms with Crippen LogP contribution in [0.3, 0.4) is 0 Å². The number of hydrogen-bond donors (Lipinski definition) is 0. The molecule has 2 rings (SSSR count). The van der Waals surface area contributed by atoms with Crippen LogP contribution in [-0.4, -0.2) is 38.9 Å². The Hall–Kier alpha value is -2.54. The molecule has 0 aliphatic rings. The third-order valence-corrected chi connectivity index (χ3v) is 3.92. The van der Waals surface area contributed by atoms with Crippen molar-refractivity contribution in [1.82, 2.24) is 4.98 Å². The van der Waals surface area contributed by atoms with E-state index in [2.05, 4.69) is 4.98 Å². The Morgan fingerprint density at radius 3 is 2.33 bits per heavy atom. The largest absolute Gasteiger partial charge is 0.493 e. The number of benzene rings is 1. The van der Waals surface area contributed by atoms with Crippen LogP contribution in [0.25, 0.3) is 12.2 Å². The maximum atomic E-state index is 11.6. The molecule has 0 saturated carbocycles. The number of aromatic nitrogens is 1. The summed E-state index contributed by atoms with van der Waals surface area (Å²) in [6, 6.07) is 3.66. The molecule has 0 saturated heterocycles. The van der Waals surface area contributed by atoms with Crippen molar-refractivity contribution in [3.63, 3.8) is 0 Å². The van der Waals surface area contributed by atoms with E-state index in [1.807, 2.05) is 24.3 Å². The average molecular weight is 349 g/mol. The van der Waals surface area contributed by atoms with Crippen molar-refractivity contribution in [2.45, 2.75) is 6.92 Å². The Morgan fingerprint density at radius 1 is 1.12 bits per heavy atom. The van der Waals surface area contributed by atoms with Gasteiger partial charge in [0.15, 0.2) is 17.2 Å². The number of carbonyl (C=O) groups is 1. The van der Waals surface area contributed by atoms with Gasteiger partial charge in [-0.3, -0.25) is 0 Å². The van der Waals surface area contributed by atoms with Crippen LogP contribution in [0.4, 0.5) is 0 Å². The highest BCUT2D eigenvalue weighted by atomic mass is 32.1. The van der Waals surface area contributed by atoms with Gasteiger partial charge in [0, 0.05) is 5.38 Å². The van der Waals surface area contributed by atoms with Crippen molar-refractivity contribution in [1.29, 1.82) is 0 Å². The maximum Gasteiger partial charge on any atom is 0.357 e. The van der Waals surface area contributed by atoms with Gasteiger partial charge in [0.05, 0.1) is 27.9 Å². The molecular formula is C17H19NO5S. The fourth-order valence-electron chi connectivity index (χ4n) is 2.03. The van der Waals surface area contributed by atoms with Gasteiger partial charge in [0.1, 0.15) is 5.01 Å². The Labute approximate surface area is 144 Å². The number of rotatable bonds is 7. The molecule has 1 heterocycles. The normalized spacial score (nSPS) is 10.7. The lowest BCUT2D eigenvalue weighted by molar-refractivity contribution is 0.0520. The SMILES string of the molecule is CCOC(=O)c1csc(/C=C\c2cc(OC)c(OC)c(OC)c2)n1. The van der Waals surface area contributed by atoms with Crippen molar-refractivity contribution < 1.29 is 23.7 Å². The number of hydrogen-bond acceptors (Lipinski definition) is 7. The number of carbonyl (C=O) groups excluding carboxylic acids is 1. The van der Waals surface area contributed by atoms with E-state index < -0.39 is 5.97 Å². The molecule has 0 radical (unpaired) electrons. The van der Waals surface area contributed by atoms with Gasteiger partial charge < -0.3 is 18.9 Å². The van der Waals surface area contributed by atoms with Crippen molar-refractivity contribution in [3.05, 3.63) is 33.8 Å². The monoisotopic (exact) mass is 349 g/mol. The van der Waals surface area contributed by atoms with E-state index in [0.29, 0.717) is 34.6 Å². The summed E-state index contributed by atoms with van der Waals surface area (Å²) in [6.07, 6.45) is 3.67. The van der Waals surface area contributed by atoms with E-state index in [0.717, 1.165) is 5.56 Å². The van der Waals surface area contributed by atoms with E-state index >= 15 is 0 Å². The molecular weight excluding hydrogens is 330 g/mol. The number of ether oxygens (including phenoxy) is 4. The summed E-state index contributed by atoms with van der Waals surface area (Å²) >= 11 is 1.36. The summed E-state index contributed by atoms with van der Waals surface area (Å²) in [5, 5.41) is 2.37. The molecule has 0 aliphatic carbocycles. The molecule has 0 aliphatic heterocycles. The van der Waals surface area contributed by atoms with Gasteiger partial charge in [-0.1, -0.05) is 6.08 Å². The van der Waals surface area contributed by atoms with Crippen LogP contribution in [0.15, 0.2) is 17.5 Å². The number of nitrogens with zero attached hydrogens (tertiary/aromatic N) is 1. The molecule has 128 valence electrons. The lowest BCUT2D eigenvalue weighted by Crippen LogP contribution is -2.04. The summed E-state index contributed by atoms with van der Waals surface area (Å²) in [4.78, 5) is 15.9. The molecule has 0 unspecified atom stereocenters. The maximum absolute atomic E-state index is 11.6. The fraction of sp³-hybridized carbons (Fsp3) is 0.294. The van der Waals surface area contributed by atoms with Crippen molar-refractivity contribution in [3.8, 4) is 17.2 Å². The minimum atomic E-state index is -0.416. The molecule has 0 N–H and O–H groups in total. The molecule has 0 atom stereocenters. The van der Waals surface area contributed by atoms with Gasteiger partial charge in [0.25, 0.3) is 0 Å². The van der Waals surface area contributed by atoms with Crippen LogP contribution in [0.1, 0.15) is 28.0 Å². The highest BCUT2D eigenvalue weighted by Crippen LogP contribution is 2.38. The first-order chi connectivity index (χ1) is 11.6. The Balaban J connectivity index is 2.24. The zero-order chi connectivity index (χ0) is 17.5. The van der Waals surface area contributed by atoms with Crippen LogP contribution in [-0.2, 0) is 4.74 Å². The first-order valence-electron chi connectivity index (χ1n) is 7.23. The van der Waals surface area contributed by atoms with E-state index in [-0.39, 0.29) is 0 Å². The zero-order valence-electron chi connectivity index (χ0n) is 14.0. The number of thiazole rings is 1. The smallest absolute Gasteiger partial charge is 0.357 e. The molecule has 2 aromatic rings. The molecule has 0 fully saturated rings. The second kappa shape index (κ2) is 8.35. The van der Waals surface area contributed by atoms with Gasteiger partial charge in [-0.2, -0.15) is 0 Å². The average Bonchev–Trinajstić information content (AvgIpc) is 3.08. The minimum absolute atomic E-state index is 0.311. The second-order valence-corrected chi connectivity index (χ2v) is 5.47. The summed E-state index contributed by atoms with van der Waals surface area (Å²) in [7, 11) is 4.69. The molecule has 0 amide bonds. The minimum Gasteiger partial charge on any atom is -0.493 e. The third kappa shape index (κ3) is 4.05. The van der Waals surface area contributed by atoms with Crippen LogP contribution < -0.4 is 14.2 Å². The molecule has 1 aromatic heterocycles. The van der Waals surface area contributed by atoms with Gasteiger partial charge in [-0.15, -0.1) is 11.3 Å². The van der Waals surface area contributed by atoms with E-state index in [1.54, 1.807) is 33.6 Å². The van der Waals surface area contributed by atoms with Gasteiger partial charge in [-0.25, -0.2) is 9.78 Å². The summed E-state index contributed by atoms with van der Waals surface area (Å²) in [5.74, 6) is 1.27. The molecule has 0 spiro atoms. The molecule has 7 heteroatoms. The zero-order valence-corrected chi connectivity index (χ0v) is 14.8. The molecule has 1 aromatic carbocycles. The Bertz CT molecular complexity index is 713. The third-order valence-electron chi connectivity index (χ3n) is 3.11. The fourth-order valence-corrected chi connectivity index (χ4v) is 2.71. The van der Waals surface area contributed by atoms with E-state index in [1.165, 1.54) is 11.3 Å². The topological polar surface area (TPSA) is 66.9 Å². The highest BCUT2D eigenvalue weighted by Gasteiger charge is 2.13. The van der Waals surface area contributed by atoms with E-state index in [9.17, 15) is 4.79 Å². The van der Waals surface area contributed by atoms with E-state index in [4.69, 9.17) is 18.9 Å². The standard InChI is InChI=1S/C17H19NO5S/c1-5-23-17(19)12-10-24-15(18-12)7-6-11-8-13(20-2)16(22-4)14(9-11)21-3/h6-10H,5H2,1-4H3/b7-6-. The number of methoxy groups -OCH3 is 3. The van der Waals surface area contributed by atoms with Crippen LogP contribution >= 0.6 is 11.3 Å². The second-order valence-electron chi connectivity index (χ2n) is 4.58. The lowest BCUT2D eigenvalue weighted by atomic mass is 10.1. The molecule has 6 nitrogen and oxygen atoms in total. The quantitative estimate of drug-likeness (QED) is 0.713. The Kier molecular flexibility index (Phi) is 6.20. The Morgan fingerprint density at radius 2 is 1.79 bits per heavy atom. The summed E-state index contributed by atoms with van der Waals surface area (Å²) in [5.41, 5.74) is 1.17. The van der Waals surface area contributed by atoms with Gasteiger partial charge in [-0.05, 0) is 30.7 Å². The van der Waals surface area contributed by atoms with Gasteiger partial charge in [0.2, 0.25) is 5.75 Å². The van der Waals surface area contributed by atoms with Gasteiger partial charge >= 0.3 is 5.97 Å².